The SMILES string of the molecule is C=CCC(=CC(C)CCOC=O)C(=O)CC[C@@H](C)C(CCc1cccnc1)OC(=O)[C@@H]1CCCCN1C(=O)C(=O)[C@@]1(C)C[C@@H](C)CO1. The molecular formula is C37H52N2O8. The topological polar surface area (TPSA) is 129 Å². The summed E-state index contributed by atoms with van der Waals surface area (Å²) < 4.78 is 16.7. The van der Waals surface area contributed by atoms with Crippen molar-refractivity contribution in [3.63, 3.8) is 0 Å². The fourth-order valence-corrected chi connectivity index (χ4v) is 6.45. The van der Waals surface area contributed by atoms with E-state index in [0.29, 0.717) is 76.6 Å². The van der Waals surface area contributed by atoms with Crippen molar-refractivity contribution in [1.82, 2.24) is 9.88 Å². The van der Waals surface area contributed by atoms with Crippen molar-refractivity contribution in [2.24, 2.45) is 17.8 Å². The lowest BCUT2D eigenvalue weighted by Gasteiger charge is -2.36. The van der Waals surface area contributed by atoms with Gasteiger partial charge in [0, 0.05) is 25.4 Å². The third kappa shape index (κ3) is 11.2. The Morgan fingerprint density at radius 1 is 1.19 bits per heavy atom. The molecule has 1 aromatic rings. The van der Waals surface area contributed by atoms with Crippen LogP contribution in [-0.2, 0) is 44.6 Å². The molecule has 258 valence electrons. The number of rotatable bonds is 19. The number of amides is 1. The number of pyridine rings is 1. The summed E-state index contributed by atoms with van der Waals surface area (Å²) in [6.45, 7) is 12.8. The summed E-state index contributed by atoms with van der Waals surface area (Å²) in [5.41, 5.74) is 0.472. The van der Waals surface area contributed by atoms with Crippen LogP contribution in [0.1, 0.15) is 91.0 Å². The van der Waals surface area contributed by atoms with E-state index in [0.717, 1.165) is 12.0 Å². The van der Waals surface area contributed by atoms with Gasteiger partial charge in [-0.25, -0.2) is 4.79 Å². The molecule has 2 saturated heterocycles. The number of carbonyl (C=O) groups excluding carboxylic acids is 5. The van der Waals surface area contributed by atoms with Crippen molar-refractivity contribution in [2.45, 2.75) is 110 Å². The monoisotopic (exact) mass is 652 g/mol. The van der Waals surface area contributed by atoms with Crippen molar-refractivity contribution in [2.75, 3.05) is 19.8 Å². The smallest absolute Gasteiger partial charge is 0.329 e. The maximum atomic E-state index is 13.8. The summed E-state index contributed by atoms with van der Waals surface area (Å²) in [5.74, 6) is -1.79. The predicted molar refractivity (Wildman–Crippen MR) is 177 cm³/mol. The van der Waals surface area contributed by atoms with Crippen LogP contribution in [0.2, 0.25) is 0 Å². The van der Waals surface area contributed by atoms with Gasteiger partial charge in [-0.2, -0.15) is 0 Å². The molecule has 2 aliphatic rings. The Labute approximate surface area is 279 Å². The largest absolute Gasteiger partial charge is 0.468 e. The summed E-state index contributed by atoms with van der Waals surface area (Å²) in [4.78, 5) is 70.0. The van der Waals surface area contributed by atoms with Crippen molar-refractivity contribution in [1.29, 1.82) is 0 Å². The van der Waals surface area contributed by atoms with Gasteiger partial charge < -0.3 is 19.1 Å². The number of carbonyl (C=O) groups is 5. The van der Waals surface area contributed by atoms with E-state index in [9.17, 15) is 24.0 Å². The van der Waals surface area contributed by atoms with Gasteiger partial charge in [-0.1, -0.05) is 39.0 Å². The fourth-order valence-electron chi connectivity index (χ4n) is 6.45. The van der Waals surface area contributed by atoms with Gasteiger partial charge in [0.2, 0.25) is 0 Å². The highest BCUT2D eigenvalue weighted by Crippen LogP contribution is 2.32. The number of aryl methyl sites for hydroxylation is 1. The first-order valence-corrected chi connectivity index (χ1v) is 17.0. The van der Waals surface area contributed by atoms with Gasteiger partial charge in [-0.3, -0.25) is 24.2 Å². The Morgan fingerprint density at radius 2 is 1.98 bits per heavy atom. The van der Waals surface area contributed by atoms with Gasteiger partial charge in [-0.15, -0.1) is 6.58 Å². The minimum atomic E-state index is -1.18. The average molecular weight is 653 g/mol. The second-order valence-electron chi connectivity index (χ2n) is 13.4. The molecule has 0 aliphatic carbocycles. The normalized spacial score (nSPS) is 23.3. The Morgan fingerprint density at radius 3 is 2.64 bits per heavy atom. The quantitative estimate of drug-likeness (QED) is 0.0483. The maximum absolute atomic E-state index is 13.8. The molecular weight excluding hydrogens is 600 g/mol. The standard InChI is InChI=1S/C37H52N2O8/c1-6-10-30(21-26(2)17-20-45-25-40)32(41)15-13-28(4)33(16-14-29-11-9-18-38-23-29)47-36(44)31-12-7-8-19-39(31)35(43)34(42)37(5)22-27(3)24-46-37/h6,9,11,18,21,23,25-28,31,33H,1,7-8,10,12-17,19-20,22,24H2,2-5H3/t26?,27-,28-,31+,33?,37-/m1/s1. The summed E-state index contributed by atoms with van der Waals surface area (Å²) in [6.07, 6.45) is 11.8. The van der Waals surface area contributed by atoms with Gasteiger partial charge in [0.05, 0.1) is 13.2 Å². The molecule has 6 atom stereocenters. The van der Waals surface area contributed by atoms with E-state index in [1.54, 1.807) is 25.4 Å². The number of likely N-dealkylation sites (tertiary alicyclic amines) is 1. The van der Waals surface area contributed by atoms with Crippen LogP contribution in [-0.4, -0.2) is 77.3 Å². The molecule has 0 N–H and O–H groups in total. The molecule has 1 aromatic heterocycles. The first-order chi connectivity index (χ1) is 22.5. The molecule has 0 saturated carbocycles. The number of esters is 1. The average Bonchev–Trinajstić information content (AvgIpc) is 3.43. The predicted octanol–water partition coefficient (Wildman–Crippen LogP) is 5.38. The molecule has 0 bridgehead atoms. The molecule has 47 heavy (non-hydrogen) atoms. The van der Waals surface area contributed by atoms with Crippen molar-refractivity contribution < 1.29 is 38.2 Å². The maximum Gasteiger partial charge on any atom is 0.329 e. The molecule has 2 fully saturated rings. The van der Waals surface area contributed by atoms with Crippen LogP contribution in [0.15, 0.2) is 48.8 Å². The van der Waals surface area contributed by atoms with Crippen LogP contribution in [0.3, 0.4) is 0 Å². The first kappa shape index (κ1) is 37.8. The van der Waals surface area contributed by atoms with E-state index >= 15 is 0 Å². The lowest BCUT2D eigenvalue weighted by molar-refractivity contribution is -0.167. The zero-order valence-corrected chi connectivity index (χ0v) is 28.5. The molecule has 1 amide bonds. The highest BCUT2D eigenvalue weighted by molar-refractivity contribution is 6.39. The summed E-state index contributed by atoms with van der Waals surface area (Å²) >= 11 is 0. The number of piperidine rings is 1. The third-order valence-corrected chi connectivity index (χ3v) is 9.27. The van der Waals surface area contributed by atoms with E-state index in [1.165, 1.54) is 4.90 Å². The molecule has 0 radical (unpaired) electrons. The zero-order chi connectivity index (χ0) is 34.4. The molecule has 2 aliphatic heterocycles. The fraction of sp³-hybridized carbons (Fsp3) is 0.622. The summed E-state index contributed by atoms with van der Waals surface area (Å²) in [7, 11) is 0. The van der Waals surface area contributed by atoms with Crippen LogP contribution < -0.4 is 0 Å². The Hall–Kier alpha value is -3.66. The first-order valence-electron chi connectivity index (χ1n) is 17.0. The van der Waals surface area contributed by atoms with Gasteiger partial charge >= 0.3 is 5.97 Å². The van der Waals surface area contributed by atoms with Crippen LogP contribution in [0, 0.1) is 17.8 Å². The molecule has 10 heteroatoms. The summed E-state index contributed by atoms with van der Waals surface area (Å²) in [5, 5.41) is 0. The molecule has 0 aromatic carbocycles. The number of hydrogen-bond acceptors (Lipinski definition) is 9. The van der Waals surface area contributed by atoms with Crippen molar-refractivity contribution >= 4 is 29.9 Å². The van der Waals surface area contributed by atoms with E-state index in [4.69, 9.17) is 14.2 Å². The second kappa shape index (κ2) is 18.6. The molecule has 2 unspecified atom stereocenters. The van der Waals surface area contributed by atoms with Crippen LogP contribution in [0.25, 0.3) is 0 Å². The highest BCUT2D eigenvalue weighted by atomic mass is 16.5. The number of nitrogens with zero attached hydrogens (tertiary/aromatic N) is 2. The lowest BCUT2D eigenvalue weighted by Crippen LogP contribution is -2.55. The Kier molecular flexibility index (Phi) is 15.0. The number of allylic oxidation sites excluding steroid dienone is 3. The zero-order valence-electron chi connectivity index (χ0n) is 28.5. The number of ether oxygens (including phenoxy) is 3. The number of Topliss-reactive ketones (excluding diaryl/α,β-unsaturated/α-hetero) is 2. The Balaban J connectivity index is 1.72. The van der Waals surface area contributed by atoms with Crippen LogP contribution >= 0.6 is 0 Å². The highest BCUT2D eigenvalue weighted by Gasteiger charge is 2.48. The molecule has 0 spiro atoms. The Bertz CT molecular complexity index is 1260. The third-order valence-electron chi connectivity index (χ3n) is 9.27. The number of ketones is 2. The van der Waals surface area contributed by atoms with Crippen molar-refractivity contribution in [3.05, 3.63) is 54.4 Å². The number of aromatic nitrogens is 1. The van der Waals surface area contributed by atoms with E-state index < -0.39 is 35.4 Å². The van der Waals surface area contributed by atoms with Crippen LogP contribution in [0.5, 0.6) is 0 Å². The van der Waals surface area contributed by atoms with Gasteiger partial charge in [0.1, 0.15) is 17.7 Å². The minimum Gasteiger partial charge on any atom is -0.468 e. The molecule has 3 rings (SSSR count). The number of hydrogen-bond donors (Lipinski definition) is 0. The van der Waals surface area contributed by atoms with Crippen LogP contribution in [0.4, 0.5) is 0 Å². The van der Waals surface area contributed by atoms with Gasteiger partial charge in [0.25, 0.3) is 18.2 Å². The van der Waals surface area contributed by atoms with Crippen molar-refractivity contribution in [3.8, 4) is 0 Å². The minimum absolute atomic E-state index is 0.00301. The lowest BCUT2D eigenvalue weighted by atomic mass is 9.90. The summed E-state index contributed by atoms with van der Waals surface area (Å²) in [6, 6.07) is 2.97. The van der Waals surface area contributed by atoms with Gasteiger partial charge in [0.15, 0.2) is 5.78 Å². The molecule has 3 heterocycles. The van der Waals surface area contributed by atoms with E-state index in [2.05, 4.69) is 11.6 Å². The second-order valence-corrected chi connectivity index (χ2v) is 13.4. The van der Waals surface area contributed by atoms with Gasteiger partial charge in [-0.05, 0) is 99.7 Å². The van der Waals surface area contributed by atoms with E-state index in [1.807, 2.05) is 39.0 Å². The molecule has 10 nitrogen and oxygen atoms in total. The van der Waals surface area contributed by atoms with E-state index in [-0.39, 0.29) is 36.6 Å².